The SMILES string of the molecule is CN(CCc1cccs1)c1nnccc1C#N. The molecule has 0 N–H and O–H groups in total. The predicted molar refractivity (Wildman–Crippen MR) is 68.0 cm³/mol. The molecule has 0 saturated heterocycles. The van der Waals surface area contributed by atoms with E-state index in [1.165, 1.54) is 11.1 Å². The zero-order valence-corrected chi connectivity index (χ0v) is 10.3. The highest BCUT2D eigenvalue weighted by Crippen LogP contribution is 2.15. The van der Waals surface area contributed by atoms with Gasteiger partial charge in [-0.25, -0.2) is 0 Å². The third-order valence-corrected chi connectivity index (χ3v) is 3.39. The summed E-state index contributed by atoms with van der Waals surface area (Å²) in [5.74, 6) is 0.645. The van der Waals surface area contributed by atoms with Gasteiger partial charge in [-0.3, -0.25) is 0 Å². The number of hydrogen-bond donors (Lipinski definition) is 0. The van der Waals surface area contributed by atoms with Crippen LogP contribution in [0.2, 0.25) is 0 Å². The van der Waals surface area contributed by atoms with Gasteiger partial charge in [0.05, 0.1) is 11.8 Å². The summed E-state index contributed by atoms with van der Waals surface area (Å²) in [7, 11) is 1.93. The fourth-order valence-electron chi connectivity index (χ4n) is 1.53. The molecule has 2 aromatic rings. The first kappa shape index (κ1) is 11.6. The van der Waals surface area contributed by atoms with Crippen molar-refractivity contribution in [3.8, 4) is 6.07 Å². The second-order valence-electron chi connectivity index (χ2n) is 3.63. The monoisotopic (exact) mass is 244 g/mol. The fraction of sp³-hybridized carbons (Fsp3) is 0.250. The van der Waals surface area contributed by atoms with E-state index in [1.807, 2.05) is 18.0 Å². The Morgan fingerprint density at radius 3 is 3.06 bits per heavy atom. The van der Waals surface area contributed by atoms with Gasteiger partial charge in [-0.05, 0) is 23.9 Å². The minimum Gasteiger partial charge on any atom is -0.357 e. The Morgan fingerprint density at radius 2 is 2.35 bits per heavy atom. The number of thiophene rings is 1. The summed E-state index contributed by atoms with van der Waals surface area (Å²) in [6.45, 7) is 0.827. The molecule has 0 bridgehead atoms. The lowest BCUT2D eigenvalue weighted by Crippen LogP contribution is -2.22. The summed E-state index contributed by atoms with van der Waals surface area (Å²) in [4.78, 5) is 3.30. The maximum Gasteiger partial charge on any atom is 0.168 e. The number of nitriles is 1. The van der Waals surface area contributed by atoms with Crippen LogP contribution in [-0.2, 0) is 6.42 Å². The van der Waals surface area contributed by atoms with Crippen LogP contribution in [0.1, 0.15) is 10.4 Å². The Balaban J connectivity index is 2.05. The van der Waals surface area contributed by atoms with Crippen molar-refractivity contribution in [2.24, 2.45) is 0 Å². The van der Waals surface area contributed by atoms with Crippen molar-refractivity contribution in [3.63, 3.8) is 0 Å². The van der Waals surface area contributed by atoms with Crippen LogP contribution in [0.5, 0.6) is 0 Å². The van der Waals surface area contributed by atoms with E-state index in [0.29, 0.717) is 11.4 Å². The minimum atomic E-state index is 0.564. The van der Waals surface area contributed by atoms with Crippen LogP contribution in [0.25, 0.3) is 0 Å². The molecule has 2 aromatic heterocycles. The van der Waals surface area contributed by atoms with E-state index < -0.39 is 0 Å². The summed E-state index contributed by atoms with van der Waals surface area (Å²) in [5, 5.41) is 18.9. The molecule has 0 saturated carbocycles. The normalized spacial score (nSPS) is 9.88. The van der Waals surface area contributed by atoms with Gasteiger partial charge in [0.25, 0.3) is 0 Å². The van der Waals surface area contributed by atoms with Crippen LogP contribution >= 0.6 is 11.3 Å². The van der Waals surface area contributed by atoms with Crippen LogP contribution in [0.4, 0.5) is 5.82 Å². The molecule has 17 heavy (non-hydrogen) atoms. The van der Waals surface area contributed by atoms with E-state index in [1.54, 1.807) is 17.4 Å². The van der Waals surface area contributed by atoms with E-state index in [2.05, 4.69) is 27.7 Å². The minimum absolute atomic E-state index is 0.564. The Morgan fingerprint density at radius 1 is 1.47 bits per heavy atom. The molecular formula is C12H12N4S. The maximum absolute atomic E-state index is 8.98. The van der Waals surface area contributed by atoms with Gasteiger partial charge in [0.2, 0.25) is 0 Å². The highest BCUT2D eigenvalue weighted by molar-refractivity contribution is 7.09. The molecule has 0 unspecified atom stereocenters. The lowest BCUT2D eigenvalue weighted by molar-refractivity contribution is 0.844. The molecule has 2 heterocycles. The standard InChI is InChI=1S/C12H12N4S/c1-16(7-5-11-3-2-8-17-11)12-10(9-13)4-6-14-15-12/h2-4,6,8H,5,7H2,1H3. The molecule has 2 rings (SSSR count). The zero-order valence-electron chi connectivity index (χ0n) is 9.50. The van der Waals surface area contributed by atoms with E-state index in [4.69, 9.17) is 5.26 Å². The average molecular weight is 244 g/mol. The van der Waals surface area contributed by atoms with E-state index in [-0.39, 0.29) is 0 Å². The third kappa shape index (κ3) is 2.80. The number of rotatable bonds is 4. The molecule has 0 aliphatic rings. The number of anilines is 1. The number of aromatic nitrogens is 2. The van der Waals surface area contributed by atoms with Gasteiger partial charge in [-0.1, -0.05) is 6.07 Å². The molecule has 0 aliphatic carbocycles. The van der Waals surface area contributed by atoms with Gasteiger partial charge in [0, 0.05) is 18.5 Å². The van der Waals surface area contributed by atoms with Crippen molar-refractivity contribution in [3.05, 3.63) is 40.2 Å². The summed E-state index contributed by atoms with van der Waals surface area (Å²) in [5.41, 5.74) is 0.564. The van der Waals surface area contributed by atoms with Gasteiger partial charge in [-0.2, -0.15) is 10.4 Å². The van der Waals surface area contributed by atoms with E-state index in [9.17, 15) is 0 Å². The lowest BCUT2D eigenvalue weighted by Gasteiger charge is -2.17. The molecule has 0 atom stereocenters. The molecule has 0 spiro atoms. The van der Waals surface area contributed by atoms with Gasteiger partial charge in [-0.15, -0.1) is 16.4 Å². The van der Waals surface area contributed by atoms with Crippen molar-refractivity contribution in [2.75, 3.05) is 18.5 Å². The topological polar surface area (TPSA) is 52.8 Å². The van der Waals surface area contributed by atoms with Crippen molar-refractivity contribution in [1.82, 2.24) is 10.2 Å². The van der Waals surface area contributed by atoms with Gasteiger partial charge < -0.3 is 4.90 Å². The van der Waals surface area contributed by atoms with E-state index in [0.717, 1.165) is 13.0 Å². The average Bonchev–Trinajstić information content (AvgIpc) is 2.89. The predicted octanol–water partition coefficient (Wildman–Crippen LogP) is 2.09. The summed E-state index contributed by atoms with van der Waals surface area (Å²) < 4.78 is 0. The Kier molecular flexibility index (Phi) is 3.68. The van der Waals surface area contributed by atoms with Crippen LogP contribution in [0.3, 0.4) is 0 Å². The molecule has 0 amide bonds. The summed E-state index contributed by atoms with van der Waals surface area (Å²) in [6.07, 6.45) is 2.49. The number of nitrogens with zero attached hydrogens (tertiary/aromatic N) is 4. The molecule has 0 fully saturated rings. The second kappa shape index (κ2) is 5.41. The summed E-state index contributed by atoms with van der Waals surface area (Å²) in [6, 6.07) is 7.97. The highest BCUT2D eigenvalue weighted by atomic mass is 32.1. The van der Waals surface area contributed by atoms with E-state index >= 15 is 0 Å². The quantitative estimate of drug-likeness (QED) is 0.826. The Bertz CT molecular complexity index is 516. The maximum atomic E-state index is 8.98. The summed E-state index contributed by atoms with van der Waals surface area (Å²) >= 11 is 1.74. The van der Waals surface area contributed by atoms with Gasteiger partial charge in [0.1, 0.15) is 6.07 Å². The van der Waals surface area contributed by atoms with Gasteiger partial charge >= 0.3 is 0 Å². The molecule has 86 valence electrons. The first-order valence-corrected chi connectivity index (χ1v) is 6.14. The van der Waals surface area contributed by atoms with Crippen molar-refractivity contribution < 1.29 is 0 Å². The Hall–Kier alpha value is -1.93. The highest BCUT2D eigenvalue weighted by Gasteiger charge is 2.09. The third-order valence-electron chi connectivity index (χ3n) is 2.46. The largest absolute Gasteiger partial charge is 0.357 e. The lowest BCUT2D eigenvalue weighted by atomic mass is 10.2. The van der Waals surface area contributed by atoms with Gasteiger partial charge in [0.15, 0.2) is 5.82 Å². The number of likely N-dealkylation sites (N-methyl/N-ethyl adjacent to an activating group) is 1. The molecular weight excluding hydrogens is 232 g/mol. The van der Waals surface area contributed by atoms with Crippen LogP contribution in [0.15, 0.2) is 29.8 Å². The molecule has 0 aromatic carbocycles. The van der Waals surface area contributed by atoms with Crippen molar-refractivity contribution in [1.29, 1.82) is 5.26 Å². The zero-order chi connectivity index (χ0) is 12.1. The van der Waals surface area contributed by atoms with Crippen LogP contribution < -0.4 is 4.90 Å². The smallest absolute Gasteiger partial charge is 0.168 e. The molecule has 0 aliphatic heterocycles. The molecule has 4 nitrogen and oxygen atoms in total. The van der Waals surface area contributed by atoms with Crippen molar-refractivity contribution >= 4 is 17.2 Å². The number of hydrogen-bond acceptors (Lipinski definition) is 5. The first-order chi connectivity index (χ1) is 8.31. The van der Waals surface area contributed by atoms with Crippen LogP contribution in [-0.4, -0.2) is 23.8 Å². The van der Waals surface area contributed by atoms with Crippen molar-refractivity contribution in [2.45, 2.75) is 6.42 Å². The second-order valence-corrected chi connectivity index (χ2v) is 4.66. The van der Waals surface area contributed by atoms with Crippen LogP contribution in [0, 0.1) is 11.3 Å². The first-order valence-electron chi connectivity index (χ1n) is 5.26. The fourth-order valence-corrected chi connectivity index (χ4v) is 2.23. The molecule has 5 heteroatoms. The molecule has 0 radical (unpaired) electrons. The Labute approximate surface area is 104 Å².